The van der Waals surface area contributed by atoms with E-state index >= 15 is 0 Å². The molecule has 0 unspecified atom stereocenters. The van der Waals surface area contributed by atoms with Crippen molar-refractivity contribution in [3.05, 3.63) is 28.7 Å². The number of hydrogen-bond donors (Lipinski definition) is 3. The molecule has 7 heteroatoms. The second-order valence-corrected chi connectivity index (χ2v) is 2.78. The fourth-order valence-electron chi connectivity index (χ4n) is 1.15. The summed E-state index contributed by atoms with van der Waals surface area (Å²) in [6, 6.07) is 2.41. The van der Waals surface area contributed by atoms with Crippen LogP contribution in [0.2, 0.25) is 0 Å². The summed E-state index contributed by atoms with van der Waals surface area (Å²) in [5.41, 5.74) is 4.76. The molecule has 0 radical (unpaired) electrons. The van der Waals surface area contributed by atoms with Crippen LogP contribution in [0.5, 0.6) is 0 Å². The van der Waals surface area contributed by atoms with E-state index in [0.29, 0.717) is 5.39 Å². The van der Waals surface area contributed by atoms with Gasteiger partial charge in [-0.2, -0.15) is 4.98 Å². The van der Waals surface area contributed by atoms with Crippen molar-refractivity contribution >= 4 is 23.0 Å². The molecular formula is C8H7N5O2. The van der Waals surface area contributed by atoms with Crippen LogP contribution in [0, 0.1) is 0 Å². The van der Waals surface area contributed by atoms with Crippen LogP contribution < -0.4 is 16.6 Å². The molecule has 7 nitrogen and oxygen atoms in total. The Morgan fingerprint density at radius 2 is 2.33 bits per heavy atom. The topological polar surface area (TPSA) is 114 Å². The Balaban J connectivity index is 2.62. The summed E-state index contributed by atoms with van der Waals surface area (Å²) in [6.07, 6.45) is 1.50. The number of rotatable bonds is 1. The molecule has 15 heavy (non-hydrogen) atoms. The fraction of sp³-hybridized carbons (Fsp3) is 0. The van der Waals surface area contributed by atoms with Crippen molar-refractivity contribution in [1.82, 2.24) is 15.0 Å². The normalized spacial score (nSPS) is 10.1. The van der Waals surface area contributed by atoms with Crippen LogP contribution in [0.3, 0.4) is 0 Å². The summed E-state index contributed by atoms with van der Waals surface area (Å²) in [4.78, 5) is 32.1. The van der Waals surface area contributed by atoms with Gasteiger partial charge in [-0.05, 0) is 12.1 Å². The fourth-order valence-corrected chi connectivity index (χ4v) is 1.15. The molecule has 2 amide bonds. The molecule has 0 spiro atoms. The van der Waals surface area contributed by atoms with Gasteiger partial charge in [0.05, 0.1) is 5.39 Å². The van der Waals surface area contributed by atoms with Crippen molar-refractivity contribution in [2.75, 3.05) is 5.32 Å². The molecule has 0 aliphatic heterocycles. The molecule has 4 N–H and O–H groups in total. The molecule has 76 valence electrons. The number of anilines is 1. The van der Waals surface area contributed by atoms with Gasteiger partial charge in [-0.25, -0.2) is 9.78 Å². The van der Waals surface area contributed by atoms with Gasteiger partial charge < -0.3 is 5.73 Å². The third kappa shape index (κ3) is 1.75. The zero-order valence-corrected chi connectivity index (χ0v) is 7.52. The van der Waals surface area contributed by atoms with Crippen molar-refractivity contribution in [2.45, 2.75) is 0 Å². The molecule has 0 atom stereocenters. The van der Waals surface area contributed by atoms with Crippen LogP contribution in [0.25, 0.3) is 11.0 Å². The van der Waals surface area contributed by atoms with E-state index in [0.717, 1.165) is 0 Å². The number of carbonyl (C=O) groups is 1. The minimum atomic E-state index is -0.798. The Morgan fingerprint density at radius 3 is 3.07 bits per heavy atom. The van der Waals surface area contributed by atoms with E-state index in [9.17, 15) is 9.59 Å². The number of pyridine rings is 1. The zero-order valence-electron chi connectivity index (χ0n) is 7.52. The third-order valence-corrected chi connectivity index (χ3v) is 1.72. The van der Waals surface area contributed by atoms with Gasteiger partial charge in [0.2, 0.25) is 5.95 Å². The lowest BCUT2D eigenvalue weighted by atomic mass is 10.3. The first-order valence-electron chi connectivity index (χ1n) is 4.08. The van der Waals surface area contributed by atoms with Crippen molar-refractivity contribution in [1.29, 1.82) is 0 Å². The maximum Gasteiger partial charge on any atom is 0.318 e. The molecule has 0 bridgehead atoms. The van der Waals surface area contributed by atoms with Gasteiger partial charge in [0.1, 0.15) is 0 Å². The van der Waals surface area contributed by atoms with Crippen molar-refractivity contribution in [3.8, 4) is 0 Å². The molecule has 0 saturated carbocycles. The van der Waals surface area contributed by atoms with Gasteiger partial charge >= 0.3 is 6.03 Å². The van der Waals surface area contributed by atoms with Crippen LogP contribution in [0.4, 0.5) is 10.7 Å². The Kier molecular flexibility index (Phi) is 2.05. The van der Waals surface area contributed by atoms with Crippen LogP contribution in [-0.4, -0.2) is 21.0 Å². The Labute approximate surface area is 83.3 Å². The number of primary amides is 1. The number of carbonyl (C=O) groups excluding carboxylic acids is 1. The number of fused-ring (bicyclic) bond motifs is 1. The van der Waals surface area contributed by atoms with E-state index in [1.165, 1.54) is 6.20 Å². The van der Waals surface area contributed by atoms with Crippen LogP contribution in [0.1, 0.15) is 0 Å². The van der Waals surface area contributed by atoms with Crippen molar-refractivity contribution in [2.24, 2.45) is 5.73 Å². The zero-order chi connectivity index (χ0) is 10.8. The molecule has 2 rings (SSSR count). The van der Waals surface area contributed by atoms with Crippen LogP contribution in [0.15, 0.2) is 23.1 Å². The molecule has 0 fully saturated rings. The molecule has 2 heterocycles. The number of nitrogens with one attached hydrogen (secondary N) is 2. The molecular weight excluding hydrogens is 198 g/mol. The number of H-pyrrole nitrogens is 1. The molecule has 2 aromatic rings. The highest BCUT2D eigenvalue weighted by Gasteiger charge is 2.04. The van der Waals surface area contributed by atoms with Gasteiger partial charge in [-0.3, -0.25) is 15.1 Å². The molecule has 2 aromatic heterocycles. The van der Waals surface area contributed by atoms with E-state index in [1.807, 2.05) is 0 Å². The second-order valence-electron chi connectivity index (χ2n) is 2.78. The van der Waals surface area contributed by atoms with E-state index in [4.69, 9.17) is 5.73 Å². The van der Waals surface area contributed by atoms with E-state index in [1.54, 1.807) is 12.1 Å². The summed E-state index contributed by atoms with van der Waals surface area (Å²) in [5.74, 6) is -0.0151. The molecule has 0 aliphatic carbocycles. The van der Waals surface area contributed by atoms with E-state index in [-0.39, 0.29) is 17.2 Å². The number of nitrogens with two attached hydrogens (primary N) is 1. The third-order valence-electron chi connectivity index (χ3n) is 1.72. The predicted molar refractivity (Wildman–Crippen MR) is 53.4 cm³/mol. The van der Waals surface area contributed by atoms with Gasteiger partial charge in [0.25, 0.3) is 5.56 Å². The number of aromatic nitrogens is 3. The summed E-state index contributed by atoms with van der Waals surface area (Å²) in [6.45, 7) is 0. The smallest absolute Gasteiger partial charge is 0.318 e. The van der Waals surface area contributed by atoms with Crippen LogP contribution in [-0.2, 0) is 0 Å². The largest absolute Gasteiger partial charge is 0.351 e. The Hall–Kier alpha value is -2.44. The monoisotopic (exact) mass is 205 g/mol. The molecule has 0 aliphatic rings. The predicted octanol–water partition coefficient (Wildman–Crippen LogP) is -0.191. The Bertz CT molecular complexity index is 576. The first-order valence-corrected chi connectivity index (χ1v) is 4.08. The number of nitrogens with zero attached hydrogens (tertiary/aromatic N) is 2. The summed E-state index contributed by atoms with van der Waals surface area (Å²) in [5, 5.41) is 2.52. The highest BCUT2D eigenvalue weighted by Crippen LogP contribution is 2.03. The molecule has 0 aromatic carbocycles. The maximum atomic E-state index is 11.5. The minimum Gasteiger partial charge on any atom is -0.351 e. The van der Waals surface area contributed by atoms with E-state index in [2.05, 4.69) is 20.3 Å². The summed E-state index contributed by atoms with van der Waals surface area (Å²) >= 11 is 0. The highest BCUT2D eigenvalue weighted by atomic mass is 16.2. The highest BCUT2D eigenvalue weighted by molar-refractivity contribution is 5.86. The van der Waals surface area contributed by atoms with Gasteiger partial charge in [-0.15, -0.1) is 0 Å². The van der Waals surface area contributed by atoms with Crippen molar-refractivity contribution < 1.29 is 4.79 Å². The average Bonchev–Trinajstić information content (AvgIpc) is 2.16. The number of amides is 2. The lowest BCUT2D eigenvalue weighted by Gasteiger charge is -2.00. The van der Waals surface area contributed by atoms with Gasteiger partial charge in [0.15, 0.2) is 5.65 Å². The average molecular weight is 205 g/mol. The SMILES string of the molecule is NC(=O)Nc1nc2ncccc2c(=O)[nH]1. The number of hydrogen-bond acceptors (Lipinski definition) is 4. The summed E-state index contributed by atoms with van der Waals surface area (Å²) in [7, 11) is 0. The molecule has 0 saturated heterocycles. The first-order chi connectivity index (χ1) is 7.16. The number of aromatic amines is 1. The lowest BCUT2D eigenvalue weighted by molar-refractivity contribution is 0.259. The van der Waals surface area contributed by atoms with Gasteiger partial charge in [-0.1, -0.05) is 0 Å². The minimum absolute atomic E-state index is 0.0151. The second kappa shape index (κ2) is 3.37. The maximum absolute atomic E-state index is 11.5. The van der Waals surface area contributed by atoms with Crippen molar-refractivity contribution in [3.63, 3.8) is 0 Å². The quantitative estimate of drug-likeness (QED) is 0.598. The lowest BCUT2D eigenvalue weighted by Crippen LogP contribution is -2.23. The van der Waals surface area contributed by atoms with Crippen LogP contribution >= 0.6 is 0 Å². The van der Waals surface area contributed by atoms with Gasteiger partial charge in [0, 0.05) is 6.20 Å². The summed E-state index contributed by atoms with van der Waals surface area (Å²) < 4.78 is 0. The number of urea groups is 1. The Morgan fingerprint density at radius 1 is 1.53 bits per heavy atom. The standard InChI is InChI=1S/C8H7N5O2/c9-7(15)13-8-11-5-4(6(14)12-8)2-1-3-10-5/h1-3H,(H4,9,10,11,12,13,14,15). The first kappa shape index (κ1) is 9.13. The van der Waals surface area contributed by atoms with E-state index < -0.39 is 6.03 Å².